The molecule has 3 aromatic rings. The molecule has 1 N–H and O–H groups in total. The summed E-state index contributed by atoms with van der Waals surface area (Å²) < 4.78 is 5.16. The van der Waals surface area contributed by atoms with Crippen LogP contribution in [0.4, 0.5) is 4.79 Å². The summed E-state index contributed by atoms with van der Waals surface area (Å²) in [5.74, 6) is 0.817. The Hall–Kier alpha value is -2.90. The van der Waals surface area contributed by atoms with Crippen LogP contribution in [-0.2, 0) is 13.1 Å². The predicted octanol–water partition coefficient (Wildman–Crippen LogP) is 3.85. The lowest BCUT2D eigenvalue weighted by Gasteiger charge is -2.34. The van der Waals surface area contributed by atoms with Crippen molar-refractivity contribution in [2.24, 2.45) is 0 Å². The number of rotatable bonds is 6. The van der Waals surface area contributed by atoms with E-state index in [4.69, 9.17) is 9.72 Å². The molecule has 6 nitrogen and oxygen atoms in total. The van der Waals surface area contributed by atoms with Gasteiger partial charge in [0.2, 0.25) is 0 Å². The zero-order valence-electron chi connectivity index (χ0n) is 17.1. The summed E-state index contributed by atoms with van der Waals surface area (Å²) in [7, 11) is 1.65. The van der Waals surface area contributed by atoms with Gasteiger partial charge in [-0.25, -0.2) is 9.78 Å². The number of piperazine rings is 1. The Morgan fingerprint density at radius 3 is 2.50 bits per heavy atom. The molecule has 0 bridgehead atoms. The van der Waals surface area contributed by atoms with Gasteiger partial charge in [-0.15, -0.1) is 11.3 Å². The third-order valence-corrected chi connectivity index (χ3v) is 6.08. The largest absolute Gasteiger partial charge is 0.497 e. The highest BCUT2D eigenvalue weighted by Gasteiger charge is 2.21. The van der Waals surface area contributed by atoms with Crippen LogP contribution < -0.4 is 10.1 Å². The number of amides is 2. The van der Waals surface area contributed by atoms with Crippen LogP contribution in [0, 0.1) is 0 Å². The van der Waals surface area contributed by atoms with Crippen molar-refractivity contribution in [1.82, 2.24) is 20.1 Å². The summed E-state index contributed by atoms with van der Waals surface area (Å²) in [5.41, 5.74) is 3.24. The summed E-state index contributed by atoms with van der Waals surface area (Å²) >= 11 is 1.70. The SMILES string of the molecule is COc1ccc(CNC(=O)N2CCN(Cc3nc(-c4ccccc4)cs3)CC2)cc1. The molecule has 0 saturated carbocycles. The molecule has 2 heterocycles. The summed E-state index contributed by atoms with van der Waals surface area (Å²) in [4.78, 5) is 21.5. The second kappa shape index (κ2) is 9.73. The van der Waals surface area contributed by atoms with E-state index in [-0.39, 0.29) is 6.03 Å². The van der Waals surface area contributed by atoms with Crippen LogP contribution in [-0.4, -0.2) is 54.1 Å². The summed E-state index contributed by atoms with van der Waals surface area (Å²) in [6.45, 7) is 4.52. The third kappa shape index (κ3) is 5.17. The first-order valence-electron chi connectivity index (χ1n) is 10.1. The van der Waals surface area contributed by atoms with E-state index in [2.05, 4.69) is 27.7 Å². The van der Waals surface area contributed by atoms with Crippen LogP contribution in [0.25, 0.3) is 11.3 Å². The average Bonchev–Trinajstić information content (AvgIpc) is 3.27. The average molecular weight is 423 g/mol. The number of hydrogen-bond acceptors (Lipinski definition) is 5. The maximum absolute atomic E-state index is 12.5. The Morgan fingerprint density at radius 1 is 1.07 bits per heavy atom. The summed E-state index contributed by atoms with van der Waals surface area (Å²) in [6.07, 6.45) is 0. The quantitative estimate of drug-likeness (QED) is 0.656. The second-order valence-electron chi connectivity index (χ2n) is 7.26. The first-order chi connectivity index (χ1) is 14.7. The number of ether oxygens (including phenoxy) is 1. The molecule has 0 unspecified atom stereocenters. The van der Waals surface area contributed by atoms with Gasteiger partial charge < -0.3 is 15.0 Å². The van der Waals surface area contributed by atoms with Gasteiger partial charge in [-0.2, -0.15) is 0 Å². The van der Waals surface area contributed by atoms with E-state index in [1.165, 1.54) is 0 Å². The van der Waals surface area contributed by atoms with Crippen LogP contribution in [0.15, 0.2) is 60.0 Å². The molecule has 7 heteroatoms. The van der Waals surface area contributed by atoms with Crippen molar-refractivity contribution in [2.75, 3.05) is 33.3 Å². The van der Waals surface area contributed by atoms with Crippen molar-refractivity contribution in [3.05, 3.63) is 70.5 Å². The monoisotopic (exact) mass is 422 g/mol. The van der Waals surface area contributed by atoms with E-state index in [1.807, 2.05) is 47.4 Å². The first kappa shape index (κ1) is 20.4. The van der Waals surface area contributed by atoms with Gasteiger partial charge in [0.1, 0.15) is 10.8 Å². The molecule has 0 aliphatic carbocycles. The zero-order chi connectivity index (χ0) is 20.8. The number of nitrogens with one attached hydrogen (secondary N) is 1. The molecular formula is C23H26N4O2S. The maximum atomic E-state index is 12.5. The highest BCUT2D eigenvalue weighted by molar-refractivity contribution is 7.09. The number of urea groups is 1. The molecule has 4 rings (SSSR count). The van der Waals surface area contributed by atoms with Crippen molar-refractivity contribution in [3.8, 4) is 17.0 Å². The number of benzene rings is 2. The number of carbonyl (C=O) groups is 1. The number of methoxy groups -OCH3 is 1. The topological polar surface area (TPSA) is 57.7 Å². The van der Waals surface area contributed by atoms with Gasteiger partial charge in [0.05, 0.1) is 19.3 Å². The van der Waals surface area contributed by atoms with Crippen molar-refractivity contribution in [3.63, 3.8) is 0 Å². The van der Waals surface area contributed by atoms with E-state index in [0.717, 1.165) is 60.3 Å². The highest BCUT2D eigenvalue weighted by Crippen LogP contribution is 2.22. The first-order valence-corrected chi connectivity index (χ1v) is 11.0. The summed E-state index contributed by atoms with van der Waals surface area (Å²) in [5, 5.41) is 6.25. The second-order valence-corrected chi connectivity index (χ2v) is 8.21. The Labute approximate surface area is 181 Å². The van der Waals surface area contributed by atoms with Gasteiger partial charge in [0, 0.05) is 43.7 Å². The van der Waals surface area contributed by atoms with E-state index in [9.17, 15) is 4.79 Å². The summed E-state index contributed by atoms with van der Waals surface area (Å²) in [6, 6.07) is 18.0. The number of carbonyl (C=O) groups excluding carboxylic acids is 1. The van der Waals surface area contributed by atoms with Gasteiger partial charge in [0.25, 0.3) is 0 Å². The number of thiazole rings is 1. The molecule has 0 radical (unpaired) electrons. The van der Waals surface area contributed by atoms with E-state index >= 15 is 0 Å². The van der Waals surface area contributed by atoms with E-state index in [0.29, 0.717) is 6.54 Å². The number of hydrogen-bond donors (Lipinski definition) is 1. The Morgan fingerprint density at radius 2 is 1.80 bits per heavy atom. The Balaban J connectivity index is 1.22. The molecular weight excluding hydrogens is 396 g/mol. The number of nitrogens with zero attached hydrogens (tertiary/aromatic N) is 3. The Kier molecular flexibility index (Phi) is 6.61. The Bertz CT molecular complexity index is 951. The van der Waals surface area contributed by atoms with Crippen LogP contribution in [0.1, 0.15) is 10.6 Å². The van der Waals surface area contributed by atoms with Crippen LogP contribution in [0.2, 0.25) is 0 Å². The van der Waals surface area contributed by atoms with Crippen LogP contribution >= 0.6 is 11.3 Å². The molecule has 2 aromatic carbocycles. The van der Waals surface area contributed by atoms with Gasteiger partial charge >= 0.3 is 6.03 Å². The smallest absolute Gasteiger partial charge is 0.317 e. The van der Waals surface area contributed by atoms with Gasteiger partial charge in [-0.05, 0) is 17.7 Å². The molecule has 30 heavy (non-hydrogen) atoms. The molecule has 1 aromatic heterocycles. The van der Waals surface area contributed by atoms with Crippen molar-refractivity contribution in [1.29, 1.82) is 0 Å². The van der Waals surface area contributed by atoms with Gasteiger partial charge in [-0.1, -0.05) is 42.5 Å². The van der Waals surface area contributed by atoms with Crippen molar-refractivity contribution < 1.29 is 9.53 Å². The molecule has 1 aliphatic rings. The van der Waals surface area contributed by atoms with E-state index < -0.39 is 0 Å². The zero-order valence-corrected chi connectivity index (χ0v) is 17.9. The molecule has 1 saturated heterocycles. The maximum Gasteiger partial charge on any atom is 0.317 e. The van der Waals surface area contributed by atoms with Crippen LogP contribution in [0.5, 0.6) is 5.75 Å². The molecule has 0 spiro atoms. The molecule has 2 amide bonds. The lowest BCUT2D eigenvalue weighted by atomic mass is 10.2. The standard InChI is InChI=1S/C23H26N4O2S/c1-29-20-9-7-18(8-10-20)15-24-23(28)27-13-11-26(12-14-27)16-22-25-21(17-30-22)19-5-3-2-4-6-19/h2-10,17H,11-16H2,1H3,(H,24,28). The molecule has 1 fully saturated rings. The normalized spacial score (nSPS) is 14.5. The van der Waals surface area contributed by atoms with Crippen LogP contribution in [0.3, 0.4) is 0 Å². The third-order valence-electron chi connectivity index (χ3n) is 5.24. The molecule has 156 valence electrons. The van der Waals surface area contributed by atoms with Crippen molar-refractivity contribution in [2.45, 2.75) is 13.1 Å². The molecule has 0 atom stereocenters. The van der Waals surface area contributed by atoms with Crippen molar-refractivity contribution >= 4 is 17.4 Å². The minimum atomic E-state index is -0.00826. The lowest BCUT2D eigenvalue weighted by molar-refractivity contribution is 0.135. The lowest BCUT2D eigenvalue weighted by Crippen LogP contribution is -2.51. The minimum Gasteiger partial charge on any atom is -0.497 e. The highest BCUT2D eigenvalue weighted by atomic mass is 32.1. The van der Waals surface area contributed by atoms with E-state index in [1.54, 1.807) is 18.4 Å². The predicted molar refractivity (Wildman–Crippen MR) is 120 cm³/mol. The fourth-order valence-electron chi connectivity index (χ4n) is 3.46. The minimum absolute atomic E-state index is 0.00826. The fraction of sp³-hybridized carbons (Fsp3) is 0.304. The van der Waals surface area contributed by atoms with Gasteiger partial charge in [-0.3, -0.25) is 4.90 Å². The fourth-order valence-corrected chi connectivity index (χ4v) is 4.30. The number of aromatic nitrogens is 1. The van der Waals surface area contributed by atoms with Gasteiger partial charge in [0.15, 0.2) is 0 Å². The molecule has 1 aliphatic heterocycles.